The van der Waals surface area contributed by atoms with Crippen molar-refractivity contribution in [2.75, 3.05) is 6.61 Å². The van der Waals surface area contributed by atoms with E-state index in [1.807, 2.05) is 36.4 Å². The van der Waals surface area contributed by atoms with Gasteiger partial charge in [-0.05, 0) is 38.3 Å². The van der Waals surface area contributed by atoms with Crippen molar-refractivity contribution in [1.29, 1.82) is 0 Å². The summed E-state index contributed by atoms with van der Waals surface area (Å²) >= 11 is 0. The molecule has 0 aliphatic heterocycles. The predicted octanol–water partition coefficient (Wildman–Crippen LogP) is 4.47. The summed E-state index contributed by atoms with van der Waals surface area (Å²) in [6.45, 7) is 6.70. The summed E-state index contributed by atoms with van der Waals surface area (Å²) in [5.74, 6) is -0.180. The molecule has 0 spiro atoms. The molecule has 0 atom stereocenters. The minimum atomic E-state index is -0.180. The van der Waals surface area contributed by atoms with Crippen molar-refractivity contribution in [1.82, 2.24) is 0 Å². The van der Waals surface area contributed by atoms with Gasteiger partial charge in [0.1, 0.15) is 6.61 Å². The monoisotopic (exact) mass is 272 g/mol. The standard InChI is InChI=1S/C18H24O2/c1-4-15(2)10-11-16(3)12-13-20-18(19)14-17-8-6-5-7-9-17/h5-10,12H,4,11,13-14H2,1-3H3/b15-10+,16-12+. The predicted molar refractivity (Wildman–Crippen MR) is 83.5 cm³/mol. The number of carbonyl (C=O) groups excluding carboxylic acids is 1. The summed E-state index contributed by atoms with van der Waals surface area (Å²) in [4.78, 5) is 11.6. The molecule has 0 N–H and O–H groups in total. The fourth-order valence-electron chi connectivity index (χ4n) is 1.65. The van der Waals surface area contributed by atoms with Gasteiger partial charge in [0.15, 0.2) is 0 Å². The molecule has 1 rings (SSSR count). The third kappa shape index (κ3) is 6.93. The van der Waals surface area contributed by atoms with Gasteiger partial charge in [0.05, 0.1) is 6.42 Å². The van der Waals surface area contributed by atoms with Crippen LogP contribution in [0.4, 0.5) is 0 Å². The number of esters is 1. The van der Waals surface area contributed by atoms with Crippen LogP contribution in [0.3, 0.4) is 0 Å². The molecule has 0 radical (unpaired) electrons. The van der Waals surface area contributed by atoms with Gasteiger partial charge in [-0.15, -0.1) is 0 Å². The van der Waals surface area contributed by atoms with Crippen molar-refractivity contribution in [3.8, 4) is 0 Å². The van der Waals surface area contributed by atoms with Crippen molar-refractivity contribution in [2.45, 2.75) is 40.0 Å². The topological polar surface area (TPSA) is 26.3 Å². The van der Waals surface area contributed by atoms with Crippen LogP contribution in [0.2, 0.25) is 0 Å². The van der Waals surface area contributed by atoms with E-state index < -0.39 is 0 Å². The van der Waals surface area contributed by atoms with Crippen LogP contribution >= 0.6 is 0 Å². The van der Waals surface area contributed by atoms with E-state index in [-0.39, 0.29) is 5.97 Å². The number of carbonyl (C=O) groups is 1. The van der Waals surface area contributed by atoms with E-state index in [2.05, 4.69) is 26.8 Å². The average molecular weight is 272 g/mol. The second-order valence-corrected chi connectivity index (χ2v) is 5.00. The summed E-state index contributed by atoms with van der Waals surface area (Å²) in [5, 5.41) is 0. The highest BCUT2D eigenvalue weighted by atomic mass is 16.5. The molecule has 0 aromatic heterocycles. The van der Waals surface area contributed by atoms with Gasteiger partial charge in [-0.1, -0.05) is 54.5 Å². The van der Waals surface area contributed by atoms with Gasteiger partial charge < -0.3 is 4.74 Å². The Morgan fingerprint density at radius 3 is 2.45 bits per heavy atom. The lowest BCUT2D eigenvalue weighted by Gasteiger charge is -2.03. The zero-order valence-corrected chi connectivity index (χ0v) is 12.7. The minimum absolute atomic E-state index is 0.180. The van der Waals surface area contributed by atoms with E-state index in [0.29, 0.717) is 13.0 Å². The number of benzene rings is 1. The van der Waals surface area contributed by atoms with Crippen LogP contribution in [-0.2, 0) is 16.0 Å². The Balaban J connectivity index is 2.31. The van der Waals surface area contributed by atoms with Crippen molar-refractivity contribution in [3.63, 3.8) is 0 Å². The van der Waals surface area contributed by atoms with Crippen molar-refractivity contribution < 1.29 is 9.53 Å². The minimum Gasteiger partial charge on any atom is -0.461 e. The van der Waals surface area contributed by atoms with Gasteiger partial charge in [-0.2, -0.15) is 0 Å². The van der Waals surface area contributed by atoms with Gasteiger partial charge in [0.2, 0.25) is 0 Å². The Kier molecular flexibility index (Phi) is 7.41. The van der Waals surface area contributed by atoms with Crippen LogP contribution in [0.25, 0.3) is 0 Å². The van der Waals surface area contributed by atoms with Crippen LogP contribution in [0.1, 0.15) is 39.2 Å². The highest BCUT2D eigenvalue weighted by Crippen LogP contribution is 2.07. The largest absolute Gasteiger partial charge is 0.461 e. The highest BCUT2D eigenvalue weighted by molar-refractivity contribution is 5.72. The summed E-state index contributed by atoms with van der Waals surface area (Å²) in [6, 6.07) is 9.65. The fourth-order valence-corrected chi connectivity index (χ4v) is 1.65. The van der Waals surface area contributed by atoms with Gasteiger partial charge in [-0.25, -0.2) is 0 Å². The molecule has 0 fully saturated rings. The SMILES string of the molecule is CC/C(C)=C/C/C(C)=C/COC(=O)Cc1ccccc1. The fraction of sp³-hybridized carbons (Fsp3) is 0.389. The number of hydrogen-bond donors (Lipinski definition) is 0. The lowest BCUT2D eigenvalue weighted by Crippen LogP contribution is -2.08. The van der Waals surface area contributed by atoms with Crippen molar-refractivity contribution in [2.24, 2.45) is 0 Å². The molecular weight excluding hydrogens is 248 g/mol. The Labute approximate surface area is 122 Å². The smallest absolute Gasteiger partial charge is 0.310 e. The van der Waals surface area contributed by atoms with E-state index in [0.717, 1.165) is 18.4 Å². The van der Waals surface area contributed by atoms with E-state index in [1.165, 1.54) is 11.1 Å². The Bertz CT molecular complexity index is 469. The number of hydrogen-bond acceptors (Lipinski definition) is 2. The first-order valence-electron chi connectivity index (χ1n) is 7.12. The van der Waals surface area contributed by atoms with Crippen LogP contribution in [0, 0.1) is 0 Å². The quantitative estimate of drug-likeness (QED) is 0.541. The van der Waals surface area contributed by atoms with Gasteiger partial charge in [0.25, 0.3) is 0 Å². The molecule has 0 heterocycles. The van der Waals surface area contributed by atoms with Gasteiger partial charge in [-0.3, -0.25) is 4.79 Å². The second kappa shape index (κ2) is 9.13. The Morgan fingerprint density at radius 2 is 1.80 bits per heavy atom. The molecule has 0 aliphatic carbocycles. The first kappa shape index (κ1) is 16.2. The van der Waals surface area contributed by atoms with E-state index in [9.17, 15) is 4.79 Å². The normalized spacial score (nSPS) is 12.3. The molecule has 0 saturated heterocycles. The third-order valence-electron chi connectivity index (χ3n) is 3.20. The molecule has 2 heteroatoms. The molecule has 20 heavy (non-hydrogen) atoms. The maximum Gasteiger partial charge on any atom is 0.310 e. The van der Waals surface area contributed by atoms with Crippen LogP contribution < -0.4 is 0 Å². The zero-order chi connectivity index (χ0) is 14.8. The maximum atomic E-state index is 11.6. The number of rotatable bonds is 7. The van der Waals surface area contributed by atoms with Gasteiger partial charge >= 0.3 is 5.97 Å². The highest BCUT2D eigenvalue weighted by Gasteiger charge is 2.02. The molecule has 108 valence electrons. The molecule has 2 nitrogen and oxygen atoms in total. The van der Waals surface area contributed by atoms with E-state index >= 15 is 0 Å². The van der Waals surface area contributed by atoms with E-state index in [1.54, 1.807) is 0 Å². The zero-order valence-electron chi connectivity index (χ0n) is 12.7. The molecule has 0 aliphatic rings. The van der Waals surface area contributed by atoms with Crippen LogP contribution in [0.5, 0.6) is 0 Å². The summed E-state index contributed by atoms with van der Waals surface area (Å²) < 4.78 is 5.21. The first-order valence-corrected chi connectivity index (χ1v) is 7.12. The summed E-state index contributed by atoms with van der Waals surface area (Å²) in [7, 11) is 0. The maximum absolute atomic E-state index is 11.6. The lowest BCUT2D eigenvalue weighted by atomic mass is 10.1. The molecular formula is C18H24O2. The molecule has 0 bridgehead atoms. The Morgan fingerprint density at radius 1 is 1.10 bits per heavy atom. The molecule has 0 unspecified atom stereocenters. The van der Waals surface area contributed by atoms with E-state index in [4.69, 9.17) is 4.74 Å². The lowest BCUT2D eigenvalue weighted by molar-refractivity contribution is -0.141. The first-order chi connectivity index (χ1) is 9.61. The van der Waals surface area contributed by atoms with Crippen molar-refractivity contribution in [3.05, 3.63) is 59.2 Å². The van der Waals surface area contributed by atoms with Crippen LogP contribution in [-0.4, -0.2) is 12.6 Å². The average Bonchev–Trinajstić information content (AvgIpc) is 2.45. The third-order valence-corrected chi connectivity index (χ3v) is 3.20. The number of ether oxygens (including phenoxy) is 1. The Hall–Kier alpha value is -1.83. The van der Waals surface area contributed by atoms with Gasteiger partial charge in [0, 0.05) is 0 Å². The van der Waals surface area contributed by atoms with Crippen molar-refractivity contribution >= 4 is 5.97 Å². The number of allylic oxidation sites excluding steroid dienone is 3. The summed E-state index contributed by atoms with van der Waals surface area (Å²) in [5.41, 5.74) is 3.60. The molecule has 1 aromatic carbocycles. The summed E-state index contributed by atoms with van der Waals surface area (Å²) in [6.07, 6.45) is 6.54. The molecule has 0 amide bonds. The molecule has 0 saturated carbocycles. The van der Waals surface area contributed by atoms with Crippen LogP contribution in [0.15, 0.2) is 53.6 Å². The second-order valence-electron chi connectivity index (χ2n) is 5.00. The molecule has 1 aromatic rings.